The number of thiazole rings is 1. The number of ether oxygens (including phenoxy) is 1. The van der Waals surface area contributed by atoms with Gasteiger partial charge in [0.05, 0.1) is 17.3 Å². The van der Waals surface area contributed by atoms with Crippen molar-refractivity contribution < 1.29 is 9.53 Å². The predicted octanol–water partition coefficient (Wildman–Crippen LogP) is 3.57. The molecule has 0 unspecified atom stereocenters. The van der Waals surface area contributed by atoms with Crippen LogP contribution >= 0.6 is 11.3 Å². The Hall–Kier alpha value is -1.42. The lowest BCUT2D eigenvalue weighted by Crippen LogP contribution is -2.10. The topological polar surface area (TPSA) is 39.2 Å². The van der Waals surface area contributed by atoms with Crippen molar-refractivity contribution in [2.24, 2.45) is 0 Å². The van der Waals surface area contributed by atoms with Gasteiger partial charge in [0.15, 0.2) is 0 Å². The number of allylic oxidation sites excluding steroid dienone is 2. The Balaban J connectivity index is 2.58. The molecule has 0 radical (unpaired) electrons. The number of nitrogens with zero attached hydrogens (tertiary/aromatic N) is 1. The van der Waals surface area contributed by atoms with E-state index in [1.165, 1.54) is 6.08 Å². The van der Waals surface area contributed by atoms with Gasteiger partial charge < -0.3 is 4.74 Å². The molecule has 1 heterocycles. The quantitative estimate of drug-likeness (QED) is 0.474. The molecule has 0 N–H and O–H groups in total. The second-order valence-electron chi connectivity index (χ2n) is 4.80. The third kappa shape index (κ3) is 4.84. The zero-order valence-corrected chi connectivity index (χ0v) is 12.1. The fourth-order valence-corrected chi connectivity index (χ4v) is 2.06. The van der Waals surface area contributed by atoms with Crippen LogP contribution in [0.3, 0.4) is 0 Å². The highest BCUT2D eigenvalue weighted by molar-refractivity contribution is 7.09. The van der Waals surface area contributed by atoms with Gasteiger partial charge in [0.25, 0.3) is 0 Å². The van der Waals surface area contributed by atoms with E-state index in [-0.39, 0.29) is 11.4 Å². The van der Waals surface area contributed by atoms with Gasteiger partial charge in [-0.25, -0.2) is 9.78 Å². The van der Waals surface area contributed by atoms with E-state index in [2.05, 4.69) is 25.8 Å². The molecule has 1 aromatic rings. The summed E-state index contributed by atoms with van der Waals surface area (Å²) in [6.45, 7) is 8.60. The molecule has 0 aliphatic carbocycles. The normalized spacial score (nSPS) is 12.4. The molecule has 1 rings (SSSR count). The first-order valence-corrected chi connectivity index (χ1v) is 6.79. The van der Waals surface area contributed by atoms with Crippen LogP contribution in [0.1, 0.15) is 38.4 Å². The van der Waals surface area contributed by atoms with Gasteiger partial charge in [-0.2, -0.15) is 0 Å². The third-order valence-electron chi connectivity index (χ3n) is 2.06. The molecule has 98 valence electrons. The van der Waals surface area contributed by atoms with Crippen LogP contribution in [-0.4, -0.2) is 17.6 Å². The minimum Gasteiger partial charge on any atom is -0.463 e. The van der Waals surface area contributed by atoms with Crippen molar-refractivity contribution >= 4 is 23.4 Å². The van der Waals surface area contributed by atoms with E-state index >= 15 is 0 Å². The maximum absolute atomic E-state index is 11.0. The molecule has 0 saturated carbocycles. The lowest BCUT2D eigenvalue weighted by molar-refractivity contribution is -0.137. The summed E-state index contributed by atoms with van der Waals surface area (Å²) in [5.74, 6) is -0.323. The molecule has 0 atom stereocenters. The molecule has 0 saturated heterocycles. The van der Waals surface area contributed by atoms with Gasteiger partial charge in [-0.1, -0.05) is 32.9 Å². The molecule has 0 fully saturated rings. The van der Waals surface area contributed by atoms with Crippen molar-refractivity contribution in [1.29, 1.82) is 0 Å². The largest absolute Gasteiger partial charge is 0.463 e. The molecular weight excluding hydrogens is 246 g/mol. The second kappa shape index (κ2) is 6.50. The van der Waals surface area contributed by atoms with Crippen LogP contribution in [0.15, 0.2) is 23.6 Å². The van der Waals surface area contributed by atoms with Crippen LogP contribution in [0.2, 0.25) is 0 Å². The zero-order valence-electron chi connectivity index (χ0n) is 11.3. The lowest BCUT2D eigenvalue weighted by Gasteiger charge is -2.13. The summed E-state index contributed by atoms with van der Waals surface area (Å²) in [7, 11) is 0. The second-order valence-corrected chi connectivity index (χ2v) is 5.66. The first kappa shape index (κ1) is 14.6. The molecule has 0 aromatic carbocycles. The number of aromatic nitrogens is 1. The molecule has 0 spiro atoms. The van der Waals surface area contributed by atoms with E-state index in [9.17, 15) is 4.79 Å². The minimum absolute atomic E-state index is 0.0809. The summed E-state index contributed by atoms with van der Waals surface area (Å²) >= 11 is 1.65. The summed E-state index contributed by atoms with van der Waals surface area (Å²) in [4.78, 5) is 15.5. The Labute approximate surface area is 112 Å². The molecular formula is C14H19NO2S. The van der Waals surface area contributed by atoms with Crippen molar-refractivity contribution in [3.63, 3.8) is 0 Å². The van der Waals surface area contributed by atoms with Gasteiger partial charge in [0.1, 0.15) is 0 Å². The number of carbonyl (C=O) groups excluding carboxylic acids is 1. The third-order valence-corrected chi connectivity index (χ3v) is 3.35. The maximum Gasteiger partial charge on any atom is 0.330 e. The highest BCUT2D eigenvalue weighted by Crippen LogP contribution is 2.25. The number of hydrogen-bond acceptors (Lipinski definition) is 4. The standard InChI is InChI=1S/C14H19NO2S/c1-5-17-12(16)9-7-6-8-11-10-18-13(15-11)14(2,3)4/h6-10H,5H2,1-4H3. The Kier molecular flexibility index (Phi) is 5.28. The average molecular weight is 265 g/mol. The number of esters is 1. The van der Waals surface area contributed by atoms with Crippen molar-refractivity contribution in [1.82, 2.24) is 4.98 Å². The van der Waals surface area contributed by atoms with Gasteiger partial charge in [0.2, 0.25) is 0 Å². The van der Waals surface area contributed by atoms with Crippen molar-refractivity contribution in [3.8, 4) is 0 Å². The Morgan fingerprint density at radius 1 is 1.44 bits per heavy atom. The Bertz CT molecular complexity index is 453. The smallest absolute Gasteiger partial charge is 0.330 e. The van der Waals surface area contributed by atoms with E-state index in [1.54, 1.807) is 30.4 Å². The molecule has 0 aliphatic rings. The molecule has 0 aliphatic heterocycles. The number of hydrogen-bond donors (Lipinski definition) is 0. The summed E-state index contributed by atoms with van der Waals surface area (Å²) in [5, 5.41) is 3.12. The molecule has 0 amide bonds. The Morgan fingerprint density at radius 3 is 2.72 bits per heavy atom. The SMILES string of the molecule is CCOC(=O)C=CC=Cc1csc(C(C)(C)C)n1. The van der Waals surface area contributed by atoms with E-state index in [0.717, 1.165) is 10.7 Å². The van der Waals surface area contributed by atoms with E-state index in [4.69, 9.17) is 4.74 Å². The van der Waals surface area contributed by atoms with Crippen molar-refractivity contribution in [2.75, 3.05) is 6.61 Å². The summed E-state index contributed by atoms with van der Waals surface area (Å²) < 4.78 is 4.77. The van der Waals surface area contributed by atoms with Crippen LogP contribution in [0, 0.1) is 0 Å². The van der Waals surface area contributed by atoms with Crippen LogP contribution in [-0.2, 0) is 14.9 Å². The lowest BCUT2D eigenvalue weighted by atomic mass is 9.98. The van der Waals surface area contributed by atoms with Gasteiger partial charge in [-0.05, 0) is 13.0 Å². The van der Waals surface area contributed by atoms with Gasteiger partial charge >= 0.3 is 5.97 Å². The molecule has 0 bridgehead atoms. The zero-order chi connectivity index (χ0) is 13.6. The number of rotatable bonds is 4. The van der Waals surface area contributed by atoms with Crippen LogP contribution in [0.4, 0.5) is 0 Å². The monoisotopic (exact) mass is 265 g/mol. The van der Waals surface area contributed by atoms with Crippen LogP contribution in [0.5, 0.6) is 0 Å². The van der Waals surface area contributed by atoms with Crippen LogP contribution in [0.25, 0.3) is 6.08 Å². The predicted molar refractivity (Wildman–Crippen MR) is 75.6 cm³/mol. The highest BCUT2D eigenvalue weighted by Gasteiger charge is 2.17. The highest BCUT2D eigenvalue weighted by atomic mass is 32.1. The summed E-state index contributed by atoms with van der Waals surface area (Å²) in [6.07, 6.45) is 6.73. The van der Waals surface area contributed by atoms with Gasteiger partial charge in [-0.15, -0.1) is 11.3 Å². The summed E-state index contributed by atoms with van der Waals surface area (Å²) in [6, 6.07) is 0. The molecule has 3 nitrogen and oxygen atoms in total. The average Bonchev–Trinajstić information content (AvgIpc) is 2.73. The summed E-state index contributed by atoms with van der Waals surface area (Å²) in [5.41, 5.74) is 0.996. The van der Waals surface area contributed by atoms with Crippen molar-refractivity contribution in [2.45, 2.75) is 33.1 Å². The molecule has 1 aromatic heterocycles. The van der Waals surface area contributed by atoms with E-state index in [0.29, 0.717) is 6.61 Å². The Morgan fingerprint density at radius 2 is 2.17 bits per heavy atom. The minimum atomic E-state index is -0.323. The van der Waals surface area contributed by atoms with Gasteiger partial charge in [0, 0.05) is 16.9 Å². The fraction of sp³-hybridized carbons (Fsp3) is 0.429. The first-order chi connectivity index (χ1) is 8.43. The molecule has 4 heteroatoms. The maximum atomic E-state index is 11.0. The van der Waals surface area contributed by atoms with E-state index < -0.39 is 0 Å². The fourth-order valence-electron chi connectivity index (χ4n) is 1.19. The van der Waals surface area contributed by atoms with Crippen LogP contribution < -0.4 is 0 Å². The van der Waals surface area contributed by atoms with E-state index in [1.807, 2.05) is 11.5 Å². The first-order valence-electron chi connectivity index (χ1n) is 5.91. The van der Waals surface area contributed by atoms with Gasteiger partial charge in [-0.3, -0.25) is 0 Å². The number of carbonyl (C=O) groups is 1. The molecule has 18 heavy (non-hydrogen) atoms. The van der Waals surface area contributed by atoms with Crippen molar-refractivity contribution in [3.05, 3.63) is 34.3 Å².